The lowest BCUT2D eigenvalue weighted by Crippen LogP contribution is -2.28. The first kappa shape index (κ1) is 17.5. The molecule has 146 valence electrons. The zero-order valence-corrected chi connectivity index (χ0v) is 15.7. The van der Waals surface area contributed by atoms with E-state index in [0.29, 0.717) is 24.1 Å². The van der Waals surface area contributed by atoms with Crippen molar-refractivity contribution in [3.05, 3.63) is 54.6 Å². The summed E-state index contributed by atoms with van der Waals surface area (Å²) in [6, 6.07) is 17.3. The number of amides is 2. The summed E-state index contributed by atoms with van der Waals surface area (Å²) in [7, 11) is 0. The SMILES string of the molecule is O=C(Nc1cccc(-c2nnnn2C2CC2)c1)C1CC(=O)N(c2ccccc2)C1. The Hall–Kier alpha value is -3.55. The number of benzene rings is 2. The second kappa shape index (κ2) is 7.12. The Morgan fingerprint density at radius 3 is 2.69 bits per heavy atom. The van der Waals surface area contributed by atoms with Crippen LogP contribution in [0.4, 0.5) is 11.4 Å². The topological polar surface area (TPSA) is 93.0 Å². The zero-order valence-electron chi connectivity index (χ0n) is 15.7. The van der Waals surface area contributed by atoms with E-state index in [1.807, 2.05) is 59.3 Å². The van der Waals surface area contributed by atoms with Crippen molar-refractivity contribution < 1.29 is 9.59 Å². The highest BCUT2D eigenvalue weighted by atomic mass is 16.2. The highest BCUT2D eigenvalue weighted by Crippen LogP contribution is 2.37. The summed E-state index contributed by atoms with van der Waals surface area (Å²) < 4.78 is 1.84. The van der Waals surface area contributed by atoms with Gasteiger partial charge in [-0.25, -0.2) is 4.68 Å². The number of nitrogens with one attached hydrogen (secondary N) is 1. The van der Waals surface area contributed by atoms with Crippen molar-refractivity contribution in [3.63, 3.8) is 0 Å². The minimum absolute atomic E-state index is 0.0336. The van der Waals surface area contributed by atoms with E-state index in [1.165, 1.54) is 0 Å². The molecule has 2 heterocycles. The van der Waals surface area contributed by atoms with Crippen LogP contribution in [0.5, 0.6) is 0 Å². The molecule has 8 heteroatoms. The van der Waals surface area contributed by atoms with Gasteiger partial charge in [0.15, 0.2) is 5.82 Å². The number of carbonyl (C=O) groups is 2. The Morgan fingerprint density at radius 2 is 1.90 bits per heavy atom. The predicted molar refractivity (Wildman–Crippen MR) is 107 cm³/mol. The quantitative estimate of drug-likeness (QED) is 0.725. The Kier molecular flexibility index (Phi) is 4.31. The van der Waals surface area contributed by atoms with Gasteiger partial charge < -0.3 is 10.2 Å². The maximum atomic E-state index is 12.8. The lowest BCUT2D eigenvalue weighted by atomic mass is 10.1. The largest absolute Gasteiger partial charge is 0.326 e. The number of rotatable bonds is 5. The average molecular weight is 388 g/mol. The molecule has 8 nitrogen and oxygen atoms in total. The van der Waals surface area contributed by atoms with Crippen LogP contribution in [0.3, 0.4) is 0 Å². The van der Waals surface area contributed by atoms with E-state index >= 15 is 0 Å². The molecule has 0 radical (unpaired) electrons. The average Bonchev–Trinajstić information content (AvgIpc) is 3.33. The molecule has 29 heavy (non-hydrogen) atoms. The van der Waals surface area contributed by atoms with Crippen LogP contribution in [0.15, 0.2) is 54.6 Å². The zero-order chi connectivity index (χ0) is 19.8. The molecule has 1 unspecified atom stereocenters. The van der Waals surface area contributed by atoms with Crippen LogP contribution in [0, 0.1) is 5.92 Å². The summed E-state index contributed by atoms with van der Waals surface area (Å²) in [5, 5.41) is 15.0. The second-order valence-corrected chi connectivity index (χ2v) is 7.49. The molecular formula is C21H20N6O2. The van der Waals surface area contributed by atoms with Crippen molar-refractivity contribution in [1.82, 2.24) is 20.2 Å². The molecule has 2 amide bonds. The third-order valence-electron chi connectivity index (χ3n) is 5.34. The highest BCUT2D eigenvalue weighted by Gasteiger charge is 2.35. The first-order valence-electron chi connectivity index (χ1n) is 9.73. The molecule has 0 spiro atoms. The fourth-order valence-corrected chi connectivity index (χ4v) is 3.67. The van der Waals surface area contributed by atoms with E-state index in [9.17, 15) is 9.59 Å². The molecule has 2 aliphatic rings. The van der Waals surface area contributed by atoms with Crippen LogP contribution in [0.1, 0.15) is 25.3 Å². The molecule has 1 saturated carbocycles. The second-order valence-electron chi connectivity index (χ2n) is 7.49. The van der Waals surface area contributed by atoms with Gasteiger partial charge in [-0.05, 0) is 47.5 Å². The molecule has 1 N–H and O–H groups in total. The van der Waals surface area contributed by atoms with Crippen molar-refractivity contribution in [3.8, 4) is 11.4 Å². The van der Waals surface area contributed by atoms with Gasteiger partial charge in [0, 0.05) is 29.9 Å². The van der Waals surface area contributed by atoms with Crippen molar-refractivity contribution in [2.45, 2.75) is 25.3 Å². The molecule has 5 rings (SSSR count). The minimum atomic E-state index is -0.386. The summed E-state index contributed by atoms with van der Waals surface area (Å²) in [6.45, 7) is 0.383. The van der Waals surface area contributed by atoms with Crippen LogP contribution in [-0.2, 0) is 9.59 Å². The van der Waals surface area contributed by atoms with Gasteiger partial charge in [0.1, 0.15) is 0 Å². The number of hydrogen-bond acceptors (Lipinski definition) is 5. The molecule has 1 saturated heterocycles. The van der Waals surface area contributed by atoms with Crippen molar-refractivity contribution >= 4 is 23.2 Å². The maximum absolute atomic E-state index is 12.8. The summed E-state index contributed by atoms with van der Waals surface area (Å²) in [4.78, 5) is 26.8. The normalized spacial score (nSPS) is 18.8. The molecule has 1 atom stereocenters. The molecule has 1 aliphatic carbocycles. The first-order chi connectivity index (χ1) is 14.2. The number of hydrogen-bond donors (Lipinski definition) is 1. The Balaban J connectivity index is 1.30. The smallest absolute Gasteiger partial charge is 0.229 e. The Morgan fingerprint density at radius 1 is 1.07 bits per heavy atom. The number of nitrogens with zero attached hydrogens (tertiary/aromatic N) is 5. The van der Waals surface area contributed by atoms with Gasteiger partial charge in [-0.2, -0.15) is 0 Å². The van der Waals surface area contributed by atoms with Gasteiger partial charge >= 0.3 is 0 Å². The minimum Gasteiger partial charge on any atom is -0.326 e. The number of para-hydroxylation sites is 1. The van der Waals surface area contributed by atoms with E-state index in [4.69, 9.17) is 0 Å². The third kappa shape index (κ3) is 3.49. The number of carbonyl (C=O) groups excluding carboxylic acids is 2. The lowest BCUT2D eigenvalue weighted by Gasteiger charge is -2.16. The van der Waals surface area contributed by atoms with Gasteiger partial charge in [-0.15, -0.1) is 5.10 Å². The Labute approximate surface area is 167 Å². The molecule has 1 aliphatic heterocycles. The van der Waals surface area contributed by atoms with Gasteiger partial charge in [0.05, 0.1) is 12.0 Å². The summed E-state index contributed by atoms with van der Waals surface area (Å²) in [5.74, 6) is 0.127. The summed E-state index contributed by atoms with van der Waals surface area (Å²) >= 11 is 0. The summed E-state index contributed by atoms with van der Waals surface area (Å²) in [5.41, 5.74) is 2.35. The molecule has 0 bridgehead atoms. The van der Waals surface area contributed by atoms with Gasteiger partial charge in [-0.3, -0.25) is 9.59 Å². The predicted octanol–water partition coefficient (Wildman–Crippen LogP) is 2.67. The van der Waals surface area contributed by atoms with E-state index in [2.05, 4.69) is 20.8 Å². The fraction of sp³-hybridized carbons (Fsp3) is 0.286. The molecule has 2 fully saturated rings. The number of anilines is 2. The van der Waals surface area contributed by atoms with E-state index < -0.39 is 0 Å². The standard InChI is InChI=1S/C21H20N6O2/c28-19-12-15(13-26(19)17-7-2-1-3-8-17)21(29)22-16-6-4-5-14(11-16)20-23-24-25-27(20)18-9-10-18/h1-8,11,15,18H,9-10,12-13H2,(H,22,29). The monoisotopic (exact) mass is 388 g/mol. The first-order valence-corrected chi connectivity index (χ1v) is 9.73. The summed E-state index contributed by atoms with van der Waals surface area (Å²) in [6.07, 6.45) is 2.38. The fourth-order valence-electron chi connectivity index (χ4n) is 3.67. The molecular weight excluding hydrogens is 368 g/mol. The van der Waals surface area contributed by atoms with Crippen LogP contribution in [0.2, 0.25) is 0 Å². The number of aromatic nitrogens is 4. The van der Waals surface area contributed by atoms with Crippen LogP contribution < -0.4 is 10.2 Å². The van der Waals surface area contributed by atoms with E-state index in [-0.39, 0.29) is 24.2 Å². The number of tetrazole rings is 1. The Bertz CT molecular complexity index is 1060. The van der Waals surface area contributed by atoms with E-state index in [1.54, 1.807) is 4.90 Å². The van der Waals surface area contributed by atoms with Crippen LogP contribution >= 0.6 is 0 Å². The van der Waals surface area contributed by atoms with Crippen molar-refractivity contribution in [2.24, 2.45) is 5.92 Å². The maximum Gasteiger partial charge on any atom is 0.229 e. The van der Waals surface area contributed by atoms with Gasteiger partial charge in [0.25, 0.3) is 0 Å². The van der Waals surface area contributed by atoms with Gasteiger partial charge in [-0.1, -0.05) is 30.3 Å². The van der Waals surface area contributed by atoms with Crippen molar-refractivity contribution in [2.75, 3.05) is 16.8 Å². The van der Waals surface area contributed by atoms with Crippen LogP contribution in [-0.4, -0.2) is 38.6 Å². The molecule has 3 aromatic rings. The highest BCUT2D eigenvalue weighted by molar-refractivity contribution is 6.03. The van der Waals surface area contributed by atoms with Crippen molar-refractivity contribution in [1.29, 1.82) is 0 Å². The third-order valence-corrected chi connectivity index (χ3v) is 5.34. The molecule has 2 aromatic carbocycles. The van der Waals surface area contributed by atoms with E-state index in [0.717, 1.165) is 24.1 Å². The lowest BCUT2D eigenvalue weighted by molar-refractivity contribution is -0.122. The van der Waals surface area contributed by atoms with Crippen LogP contribution in [0.25, 0.3) is 11.4 Å². The van der Waals surface area contributed by atoms with Gasteiger partial charge in [0.2, 0.25) is 11.8 Å². The molecule has 1 aromatic heterocycles.